The monoisotopic (exact) mass is 510 g/mol. The first-order valence-corrected chi connectivity index (χ1v) is 13.3. The molecule has 0 aromatic rings. The standard InChI is InChI=1S/2C11H23OP.Pd/c2*1-10(2)13(11(3)4)9-7-6-8-12-5;/h2*6-7,10-11H,8-9H2,1-5H3;. The van der Waals surface area contributed by atoms with Gasteiger partial charge in [-0.3, -0.25) is 0 Å². The molecule has 0 heterocycles. The Morgan fingerprint density at radius 1 is 0.556 bits per heavy atom. The Balaban J connectivity index is -0.000000411. The molecule has 0 bridgehead atoms. The summed E-state index contributed by atoms with van der Waals surface area (Å²) in [5, 5.41) is 0. The van der Waals surface area contributed by atoms with E-state index in [9.17, 15) is 0 Å². The summed E-state index contributed by atoms with van der Waals surface area (Å²) in [6, 6.07) is 0. The van der Waals surface area contributed by atoms with E-state index in [0.717, 1.165) is 35.8 Å². The van der Waals surface area contributed by atoms with Crippen molar-refractivity contribution in [3.8, 4) is 0 Å². The molecule has 0 fully saturated rings. The number of rotatable bonds is 12. The fourth-order valence-electron chi connectivity index (χ4n) is 2.76. The van der Waals surface area contributed by atoms with Crippen LogP contribution in [0.4, 0.5) is 0 Å². The quantitative estimate of drug-likeness (QED) is 0.160. The van der Waals surface area contributed by atoms with Crippen molar-refractivity contribution in [2.24, 2.45) is 0 Å². The van der Waals surface area contributed by atoms with Crippen molar-refractivity contribution < 1.29 is 29.9 Å². The molecule has 27 heavy (non-hydrogen) atoms. The minimum atomic E-state index is 0. The molecule has 0 aromatic heterocycles. The molecule has 5 heteroatoms. The maximum atomic E-state index is 4.96. The Morgan fingerprint density at radius 2 is 0.815 bits per heavy atom. The average molecular weight is 511 g/mol. The number of hydrogen-bond acceptors (Lipinski definition) is 2. The maximum absolute atomic E-state index is 4.96. The van der Waals surface area contributed by atoms with Gasteiger partial charge in [-0.25, -0.2) is 0 Å². The van der Waals surface area contributed by atoms with Gasteiger partial charge in [0, 0.05) is 34.6 Å². The van der Waals surface area contributed by atoms with E-state index >= 15 is 0 Å². The molecule has 0 aliphatic heterocycles. The SMILES string of the molecule is COCC=CCP(C(C)C)C(C)C.COCC=CCP(C(C)C)C(C)C.[Pd]. The van der Waals surface area contributed by atoms with Crippen molar-refractivity contribution in [2.75, 3.05) is 39.8 Å². The summed E-state index contributed by atoms with van der Waals surface area (Å²) in [6.45, 7) is 20.1. The molecule has 0 rings (SSSR count). The largest absolute Gasteiger partial charge is 0.381 e. The molecular formula is C22H46O2P2Pd. The zero-order valence-electron chi connectivity index (χ0n) is 19.5. The molecule has 0 aromatic carbocycles. The van der Waals surface area contributed by atoms with E-state index < -0.39 is 0 Å². The molecular weight excluding hydrogens is 465 g/mol. The van der Waals surface area contributed by atoms with Crippen LogP contribution in [0.3, 0.4) is 0 Å². The van der Waals surface area contributed by atoms with Crippen LogP contribution in [0.25, 0.3) is 0 Å². The minimum Gasteiger partial charge on any atom is -0.381 e. The first kappa shape index (κ1) is 32.6. The molecule has 0 N–H and O–H groups in total. The Morgan fingerprint density at radius 3 is 1.00 bits per heavy atom. The molecule has 0 saturated heterocycles. The zero-order valence-corrected chi connectivity index (χ0v) is 22.8. The van der Waals surface area contributed by atoms with E-state index in [0.29, 0.717) is 0 Å². The Kier molecular flexibility index (Phi) is 26.1. The maximum Gasteiger partial charge on any atom is 0.0643 e. The Hall–Kier alpha value is 0.922. The molecule has 0 saturated carbocycles. The van der Waals surface area contributed by atoms with E-state index in [1.807, 2.05) is 0 Å². The summed E-state index contributed by atoms with van der Waals surface area (Å²) in [7, 11) is 3.79. The van der Waals surface area contributed by atoms with Gasteiger partial charge in [0.05, 0.1) is 13.2 Å². The predicted molar refractivity (Wildman–Crippen MR) is 126 cm³/mol. The molecule has 0 unspecified atom stereocenters. The number of allylic oxidation sites excluding steroid dienone is 2. The molecule has 0 radical (unpaired) electrons. The molecule has 166 valence electrons. The van der Waals surface area contributed by atoms with E-state index in [1.54, 1.807) is 14.2 Å². The van der Waals surface area contributed by atoms with Crippen LogP contribution in [0.2, 0.25) is 0 Å². The van der Waals surface area contributed by atoms with Crippen molar-refractivity contribution in [1.29, 1.82) is 0 Å². The first-order chi connectivity index (χ1) is 12.2. The fraction of sp³-hybridized carbons (Fsp3) is 0.818. The fourth-order valence-corrected chi connectivity index (χ4v) is 7.61. The summed E-state index contributed by atoms with van der Waals surface area (Å²) >= 11 is 0. The minimum absolute atomic E-state index is 0. The van der Waals surface area contributed by atoms with Gasteiger partial charge in [0.2, 0.25) is 0 Å². The molecule has 2 nitrogen and oxygen atoms in total. The van der Waals surface area contributed by atoms with Crippen LogP contribution in [-0.2, 0) is 29.9 Å². The number of methoxy groups -OCH3 is 2. The second-order valence-electron chi connectivity index (χ2n) is 7.62. The second-order valence-corrected chi connectivity index (χ2v) is 14.5. The Bertz CT molecular complexity index is 306. The normalized spacial score (nSPS) is 12.1. The van der Waals surface area contributed by atoms with Gasteiger partial charge in [0.15, 0.2) is 0 Å². The van der Waals surface area contributed by atoms with E-state index in [1.165, 1.54) is 12.3 Å². The van der Waals surface area contributed by atoms with E-state index in [2.05, 4.69) is 79.7 Å². The number of ether oxygens (including phenoxy) is 2. The van der Waals surface area contributed by atoms with E-state index in [-0.39, 0.29) is 36.3 Å². The Labute approximate surface area is 187 Å². The topological polar surface area (TPSA) is 18.5 Å². The van der Waals surface area contributed by atoms with Crippen LogP contribution >= 0.6 is 15.8 Å². The van der Waals surface area contributed by atoms with E-state index in [4.69, 9.17) is 9.47 Å². The summed E-state index contributed by atoms with van der Waals surface area (Å²) < 4.78 is 9.93. The first-order valence-electron chi connectivity index (χ1n) is 9.98. The van der Waals surface area contributed by atoms with Crippen molar-refractivity contribution in [3.63, 3.8) is 0 Å². The second kappa shape index (κ2) is 21.6. The van der Waals surface area contributed by atoms with Gasteiger partial charge < -0.3 is 9.47 Å². The van der Waals surface area contributed by atoms with Gasteiger partial charge in [0.1, 0.15) is 0 Å². The summed E-state index contributed by atoms with van der Waals surface area (Å²) in [5.74, 6) is 0. The summed E-state index contributed by atoms with van der Waals surface area (Å²) in [5.41, 5.74) is 3.34. The van der Waals surface area contributed by atoms with Crippen LogP contribution in [0.1, 0.15) is 55.4 Å². The van der Waals surface area contributed by atoms with Gasteiger partial charge in [0.25, 0.3) is 0 Å². The summed E-state index contributed by atoms with van der Waals surface area (Å²) in [6.07, 6.45) is 11.3. The van der Waals surface area contributed by atoms with Crippen molar-refractivity contribution in [3.05, 3.63) is 24.3 Å². The van der Waals surface area contributed by atoms with Crippen LogP contribution in [0.15, 0.2) is 24.3 Å². The average Bonchev–Trinajstić information content (AvgIpc) is 2.53. The van der Waals surface area contributed by atoms with Crippen LogP contribution in [0, 0.1) is 0 Å². The molecule has 0 atom stereocenters. The van der Waals surface area contributed by atoms with Crippen molar-refractivity contribution in [2.45, 2.75) is 78.0 Å². The van der Waals surface area contributed by atoms with Gasteiger partial charge in [-0.15, -0.1) is 0 Å². The third-order valence-electron chi connectivity index (χ3n) is 4.14. The molecule has 0 spiro atoms. The van der Waals surface area contributed by atoms with Gasteiger partial charge >= 0.3 is 0 Å². The molecule has 0 amide bonds. The van der Waals surface area contributed by atoms with Crippen molar-refractivity contribution in [1.82, 2.24) is 0 Å². The van der Waals surface area contributed by atoms with Crippen LogP contribution in [-0.4, -0.2) is 62.4 Å². The third-order valence-corrected chi connectivity index (χ3v) is 10.7. The molecule has 0 aliphatic rings. The number of hydrogen-bond donors (Lipinski definition) is 0. The van der Waals surface area contributed by atoms with Crippen LogP contribution < -0.4 is 0 Å². The smallest absolute Gasteiger partial charge is 0.0643 e. The zero-order chi connectivity index (χ0) is 20.5. The van der Waals surface area contributed by atoms with Gasteiger partial charge in [-0.1, -0.05) is 95.5 Å². The van der Waals surface area contributed by atoms with Gasteiger partial charge in [-0.2, -0.15) is 0 Å². The predicted octanol–water partition coefficient (Wildman–Crippen LogP) is 6.97. The van der Waals surface area contributed by atoms with Crippen molar-refractivity contribution >= 4 is 15.8 Å². The summed E-state index contributed by atoms with van der Waals surface area (Å²) in [4.78, 5) is 0. The molecule has 0 aliphatic carbocycles. The van der Waals surface area contributed by atoms with Gasteiger partial charge in [-0.05, 0) is 35.0 Å². The van der Waals surface area contributed by atoms with Crippen LogP contribution in [0.5, 0.6) is 0 Å². The third kappa shape index (κ3) is 20.0.